The monoisotopic (exact) mass is 434 g/mol. The molecule has 1 fully saturated rings. The first kappa shape index (κ1) is 20.9. The maximum atomic E-state index is 11.0. The molecule has 5 rings (SSSR count). The molecule has 32 heavy (non-hydrogen) atoms. The van der Waals surface area contributed by atoms with Crippen LogP contribution in [0.5, 0.6) is 0 Å². The van der Waals surface area contributed by atoms with Gasteiger partial charge in [-0.15, -0.1) is 0 Å². The second-order valence-corrected chi connectivity index (χ2v) is 9.94. The number of aromatic nitrogens is 4. The maximum Gasteiger partial charge on any atom is 0.303 e. The summed E-state index contributed by atoms with van der Waals surface area (Å²) in [6.07, 6.45) is 6.09. The Bertz CT molecular complexity index is 1170. The van der Waals surface area contributed by atoms with Crippen molar-refractivity contribution in [3.05, 3.63) is 40.6 Å². The summed E-state index contributed by atoms with van der Waals surface area (Å²) in [7, 11) is 0. The smallest absolute Gasteiger partial charge is 0.303 e. The molecule has 0 bridgehead atoms. The molecule has 3 aromatic rings. The number of carboxylic acid groups (broad SMARTS) is 1. The van der Waals surface area contributed by atoms with Gasteiger partial charge in [-0.05, 0) is 74.0 Å². The summed E-state index contributed by atoms with van der Waals surface area (Å²) in [6, 6.07) is 6.12. The first-order valence-electron chi connectivity index (χ1n) is 11.6. The van der Waals surface area contributed by atoms with Crippen LogP contribution in [0.4, 0.5) is 0 Å². The first-order valence-corrected chi connectivity index (χ1v) is 11.6. The zero-order valence-corrected chi connectivity index (χ0v) is 19.0. The lowest BCUT2D eigenvalue weighted by Crippen LogP contribution is -2.24. The molecule has 0 saturated heterocycles. The van der Waals surface area contributed by atoms with Crippen LogP contribution in [0.15, 0.2) is 22.7 Å². The van der Waals surface area contributed by atoms with Crippen molar-refractivity contribution in [1.29, 1.82) is 0 Å². The molecule has 0 unspecified atom stereocenters. The van der Waals surface area contributed by atoms with E-state index in [2.05, 4.69) is 36.7 Å². The highest BCUT2D eigenvalue weighted by molar-refractivity contribution is 5.67. The SMILES string of the molecule is CCn1nc(-c2nc(-c3ccc(CCC(=O)O)c(C4CC4)c3)no2)c2c1CC(C)(C)CC2. The Morgan fingerprint density at radius 3 is 2.84 bits per heavy atom. The second-order valence-electron chi connectivity index (χ2n) is 9.94. The Hall–Kier alpha value is -2.96. The highest BCUT2D eigenvalue weighted by atomic mass is 16.5. The molecule has 2 aliphatic carbocycles. The van der Waals surface area contributed by atoms with Crippen LogP contribution in [0.25, 0.3) is 23.0 Å². The van der Waals surface area contributed by atoms with Gasteiger partial charge in [0.15, 0.2) is 5.69 Å². The van der Waals surface area contributed by atoms with E-state index in [0.717, 1.165) is 55.5 Å². The molecule has 2 heterocycles. The van der Waals surface area contributed by atoms with Crippen molar-refractivity contribution in [2.75, 3.05) is 0 Å². The van der Waals surface area contributed by atoms with Crippen molar-refractivity contribution in [2.24, 2.45) is 5.41 Å². The number of aliphatic carboxylic acids is 1. The highest BCUT2D eigenvalue weighted by Crippen LogP contribution is 2.43. The zero-order valence-electron chi connectivity index (χ0n) is 19.0. The van der Waals surface area contributed by atoms with Crippen molar-refractivity contribution >= 4 is 5.97 Å². The van der Waals surface area contributed by atoms with E-state index < -0.39 is 5.97 Å². The van der Waals surface area contributed by atoms with Crippen LogP contribution in [0.3, 0.4) is 0 Å². The van der Waals surface area contributed by atoms with Crippen LogP contribution in [-0.4, -0.2) is 31.0 Å². The second kappa shape index (κ2) is 7.87. The van der Waals surface area contributed by atoms with Gasteiger partial charge in [-0.1, -0.05) is 31.1 Å². The molecule has 1 aromatic carbocycles. The number of rotatable bonds is 7. The fourth-order valence-electron chi connectivity index (χ4n) is 4.85. The van der Waals surface area contributed by atoms with Gasteiger partial charge in [0.1, 0.15) is 0 Å². The van der Waals surface area contributed by atoms with Crippen molar-refractivity contribution < 1.29 is 14.4 Å². The van der Waals surface area contributed by atoms with Gasteiger partial charge in [0.05, 0.1) is 0 Å². The van der Waals surface area contributed by atoms with Gasteiger partial charge in [0.25, 0.3) is 5.89 Å². The van der Waals surface area contributed by atoms with Crippen molar-refractivity contribution in [2.45, 2.75) is 78.2 Å². The van der Waals surface area contributed by atoms with Crippen molar-refractivity contribution in [1.82, 2.24) is 19.9 Å². The van der Waals surface area contributed by atoms with E-state index in [4.69, 9.17) is 19.7 Å². The Morgan fingerprint density at radius 1 is 1.31 bits per heavy atom. The molecule has 0 aliphatic heterocycles. The van der Waals surface area contributed by atoms with E-state index in [0.29, 0.717) is 24.1 Å². The number of carbonyl (C=O) groups is 1. The predicted molar refractivity (Wildman–Crippen MR) is 120 cm³/mol. The third kappa shape index (κ3) is 3.96. The molecule has 2 aliphatic rings. The van der Waals surface area contributed by atoms with Gasteiger partial charge in [-0.3, -0.25) is 9.48 Å². The maximum absolute atomic E-state index is 11.0. The molecular weight excluding hydrogens is 404 g/mol. The van der Waals surface area contributed by atoms with E-state index in [1.54, 1.807) is 0 Å². The predicted octanol–water partition coefficient (Wildman–Crippen LogP) is 5.03. The fraction of sp³-hybridized carbons (Fsp3) is 0.520. The van der Waals surface area contributed by atoms with E-state index in [1.807, 2.05) is 12.1 Å². The standard InChI is InChI=1S/C25H30N4O3/c1-4-29-20-14-25(2,3)12-11-18(20)22(27-29)24-26-23(28-32-24)17-8-7-16(9-10-21(30)31)19(13-17)15-5-6-15/h7-8,13,15H,4-6,9-12,14H2,1-3H3,(H,30,31). The molecule has 0 spiro atoms. The normalized spacial score (nSPS) is 17.3. The lowest BCUT2D eigenvalue weighted by molar-refractivity contribution is -0.136. The summed E-state index contributed by atoms with van der Waals surface area (Å²) < 4.78 is 7.77. The Labute approximate surface area is 187 Å². The lowest BCUT2D eigenvalue weighted by Gasteiger charge is -2.30. The van der Waals surface area contributed by atoms with E-state index >= 15 is 0 Å². The number of hydrogen-bond donors (Lipinski definition) is 1. The number of nitrogens with zero attached hydrogens (tertiary/aromatic N) is 4. The van der Waals surface area contributed by atoms with Gasteiger partial charge < -0.3 is 9.63 Å². The number of benzene rings is 1. The minimum Gasteiger partial charge on any atom is -0.481 e. The summed E-state index contributed by atoms with van der Waals surface area (Å²) in [6.45, 7) is 7.56. The molecule has 168 valence electrons. The third-order valence-electron chi connectivity index (χ3n) is 6.82. The lowest BCUT2D eigenvalue weighted by atomic mass is 9.76. The quantitative estimate of drug-likeness (QED) is 0.560. The van der Waals surface area contributed by atoms with Crippen LogP contribution < -0.4 is 0 Å². The Kier molecular flexibility index (Phi) is 5.14. The molecule has 0 atom stereocenters. The van der Waals surface area contributed by atoms with E-state index in [1.165, 1.54) is 16.8 Å². The summed E-state index contributed by atoms with van der Waals surface area (Å²) in [4.78, 5) is 15.7. The molecule has 7 nitrogen and oxygen atoms in total. The Morgan fingerprint density at radius 2 is 2.12 bits per heavy atom. The topological polar surface area (TPSA) is 94.0 Å². The Balaban J connectivity index is 1.47. The van der Waals surface area contributed by atoms with Crippen molar-refractivity contribution in [3.8, 4) is 23.0 Å². The van der Waals surface area contributed by atoms with Crippen LogP contribution in [0, 0.1) is 5.41 Å². The fourth-order valence-corrected chi connectivity index (χ4v) is 4.85. The minimum atomic E-state index is -0.767. The summed E-state index contributed by atoms with van der Waals surface area (Å²) >= 11 is 0. The molecule has 1 saturated carbocycles. The highest BCUT2D eigenvalue weighted by Gasteiger charge is 2.33. The van der Waals surface area contributed by atoms with Crippen molar-refractivity contribution in [3.63, 3.8) is 0 Å². The third-order valence-corrected chi connectivity index (χ3v) is 6.82. The van der Waals surface area contributed by atoms with Crippen LogP contribution >= 0.6 is 0 Å². The first-order chi connectivity index (χ1) is 15.3. The number of fused-ring (bicyclic) bond motifs is 1. The zero-order chi connectivity index (χ0) is 22.5. The summed E-state index contributed by atoms with van der Waals surface area (Å²) in [5, 5.41) is 18.2. The van der Waals surface area contributed by atoms with Gasteiger partial charge >= 0.3 is 5.97 Å². The molecular formula is C25H30N4O3. The van der Waals surface area contributed by atoms with Crippen LogP contribution in [-0.2, 0) is 30.6 Å². The van der Waals surface area contributed by atoms with Crippen LogP contribution in [0.1, 0.15) is 74.8 Å². The number of aryl methyl sites for hydroxylation is 2. The van der Waals surface area contributed by atoms with Gasteiger partial charge in [0.2, 0.25) is 5.82 Å². The molecule has 0 radical (unpaired) electrons. The molecule has 0 amide bonds. The largest absolute Gasteiger partial charge is 0.481 e. The average Bonchev–Trinajstić information content (AvgIpc) is 3.38. The molecule has 2 aromatic heterocycles. The van der Waals surface area contributed by atoms with Crippen LogP contribution in [0.2, 0.25) is 0 Å². The average molecular weight is 435 g/mol. The minimum absolute atomic E-state index is 0.146. The molecule has 7 heteroatoms. The summed E-state index contributed by atoms with van der Waals surface area (Å²) in [5.74, 6) is 0.784. The number of carboxylic acids is 1. The van der Waals surface area contributed by atoms with E-state index in [-0.39, 0.29) is 11.8 Å². The number of hydrogen-bond acceptors (Lipinski definition) is 5. The van der Waals surface area contributed by atoms with E-state index in [9.17, 15) is 4.79 Å². The van der Waals surface area contributed by atoms with Gasteiger partial charge in [-0.25, -0.2) is 0 Å². The van der Waals surface area contributed by atoms with Gasteiger partial charge in [0, 0.05) is 29.8 Å². The molecule has 1 N–H and O–H groups in total. The summed E-state index contributed by atoms with van der Waals surface area (Å²) in [5.41, 5.74) is 6.87. The van der Waals surface area contributed by atoms with Gasteiger partial charge in [-0.2, -0.15) is 10.1 Å².